The number of hydrogen-bond acceptors (Lipinski definition) is 2. The van der Waals surface area contributed by atoms with E-state index in [2.05, 4.69) is 52.0 Å². The number of aryl methyl sites for hydroxylation is 1. The predicted octanol–water partition coefficient (Wildman–Crippen LogP) is 2.90. The molecule has 0 saturated carbocycles. The van der Waals surface area contributed by atoms with Crippen LogP contribution >= 0.6 is 24.0 Å². The van der Waals surface area contributed by atoms with Crippen LogP contribution in [-0.4, -0.2) is 28.6 Å². The Morgan fingerprint density at radius 3 is 2.64 bits per heavy atom. The molecule has 0 unspecified atom stereocenters. The Bertz CT molecular complexity index is 618. The predicted molar refractivity (Wildman–Crippen MR) is 104 cm³/mol. The fourth-order valence-corrected chi connectivity index (χ4v) is 2.13. The van der Waals surface area contributed by atoms with Gasteiger partial charge in [0.15, 0.2) is 5.96 Å². The van der Waals surface area contributed by atoms with Crippen LogP contribution in [0.3, 0.4) is 0 Å². The number of nitrogens with zero attached hydrogens (tertiary/aromatic N) is 3. The smallest absolute Gasteiger partial charge is 0.191 e. The quantitative estimate of drug-likeness (QED) is 0.449. The third-order valence-corrected chi connectivity index (χ3v) is 3.28. The van der Waals surface area contributed by atoms with Crippen LogP contribution in [0.1, 0.15) is 26.6 Å². The summed E-state index contributed by atoms with van der Waals surface area (Å²) in [6, 6.07) is 8.16. The Kier molecular flexibility index (Phi) is 7.64. The molecule has 1 heterocycles. The van der Waals surface area contributed by atoms with Gasteiger partial charge in [-0.2, -0.15) is 0 Å². The molecule has 6 heteroatoms. The normalized spacial score (nSPS) is 11.6. The summed E-state index contributed by atoms with van der Waals surface area (Å²) >= 11 is 0. The van der Waals surface area contributed by atoms with Crippen molar-refractivity contribution in [3.8, 4) is 0 Å². The Hall–Kier alpha value is -1.31. The van der Waals surface area contributed by atoms with Crippen molar-refractivity contribution in [1.82, 2.24) is 20.2 Å². The number of guanidine groups is 1. The Balaban J connectivity index is 0.00000242. The van der Waals surface area contributed by atoms with E-state index < -0.39 is 0 Å². The van der Waals surface area contributed by atoms with Crippen LogP contribution in [0, 0.1) is 5.92 Å². The first-order valence-corrected chi connectivity index (χ1v) is 7.54. The minimum absolute atomic E-state index is 0. The van der Waals surface area contributed by atoms with Crippen LogP contribution in [0.2, 0.25) is 0 Å². The van der Waals surface area contributed by atoms with E-state index in [1.54, 1.807) is 0 Å². The number of fused-ring (bicyclic) bond motifs is 1. The molecule has 2 aromatic rings. The zero-order valence-electron chi connectivity index (χ0n) is 13.8. The number of aliphatic imine (C=N–C) groups is 1. The van der Waals surface area contributed by atoms with Crippen molar-refractivity contribution >= 4 is 41.0 Å². The van der Waals surface area contributed by atoms with Gasteiger partial charge in [-0.15, -0.1) is 24.0 Å². The second-order valence-electron chi connectivity index (χ2n) is 5.55. The van der Waals surface area contributed by atoms with Gasteiger partial charge >= 0.3 is 0 Å². The molecule has 0 aliphatic heterocycles. The van der Waals surface area contributed by atoms with E-state index in [4.69, 9.17) is 0 Å². The van der Waals surface area contributed by atoms with Gasteiger partial charge < -0.3 is 15.2 Å². The van der Waals surface area contributed by atoms with Crippen LogP contribution in [0.5, 0.6) is 0 Å². The number of para-hydroxylation sites is 2. The Morgan fingerprint density at radius 2 is 2.00 bits per heavy atom. The van der Waals surface area contributed by atoms with Gasteiger partial charge in [-0.3, -0.25) is 0 Å². The zero-order chi connectivity index (χ0) is 15.2. The minimum atomic E-state index is 0. The van der Waals surface area contributed by atoms with E-state index in [1.165, 1.54) is 0 Å². The van der Waals surface area contributed by atoms with Crippen molar-refractivity contribution in [3.63, 3.8) is 0 Å². The summed E-state index contributed by atoms with van der Waals surface area (Å²) in [6.45, 7) is 8.77. The SMILES string of the molecule is CCNC(=NCc1nc2ccccc2n1C)NCC(C)C.I. The van der Waals surface area contributed by atoms with Crippen molar-refractivity contribution in [2.24, 2.45) is 18.0 Å². The van der Waals surface area contributed by atoms with Gasteiger partial charge in [-0.05, 0) is 25.0 Å². The molecule has 22 heavy (non-hydrogen) atoms. The van der Waals surface area contributed by atoms with Gasteiger partial charge in [0.1, 0.15) is 12.4 Å². The van der Waals surface area contributed by atoms with Gasteiger partial charge in [0.25, 0.3) is 0 Å². The number of halogens is 1. The molecular formula is C16H26IN5. The average Bonchev–Trinajstić information content (AvgIpc) is 2.79. The number of nitrogens with one attached hydrogen (secondary N) is 2. The van der Waals surface area contributed by atoms with Crippen LogP contribution in [0.4, 0.5) is 0 Å². The molecule has 1 aromatic heterocycles. The molecule has 0 spiro atoms. The second-order valence-corrected chi connectivity index (χ2v) is 5.55. The van der Waals surface area contributed by atoms with E-state index in [9.17, 15) is 0 Å². The van der Waals surface area contributed by atoms with Crippen LogP contribution in [-0.2, 0) is 13.6 Å². The molecule has 0 radical (unpaired) electrons. The van der Waals surface area contributed by atoms with E-state index in [0.717, 1.165) is 35.9 Å². The highest BCUT2D eigenvalue weighted by atomic mass is 127. The second kappa shape index (κ2) is 8.97. The number of hydrogen-bond donors (Lipinski definition) is 2. The fraction of sp³-hybridized carbons (Fsp3) is 0.500. The highest BCUT2D eigenvalue weighted by Crippen LogP contribution is 2.14. The Morgan fingerprint density at radius 1 is 1.27 bits per heavy atom. The maximum atomic E-state index is 4.64. The largest absolute Gasteiger partial charge is 0.357 e. The number of rotatable bonds is 5. The zero-order valence-corrected chi connectivity index (χ0v) is 16.1. The summed E-state index contributed by atoms with van der Waals surface area (Å²) in [7, 11) is 2.04. The maximum Gasteiger partial charge on any atom is 0.191 e. The summed E-state index contributed by atoms with van der Waals surface area (Å²) in [5.74, 6) is 2.40. The first-order chi connectivity index (χ1) is 10.1. The van der Waals surface area contributed by atoms with E-state index in [1.807, 2.05) is 25.2 Å². The van der Waals surface area contributed by atoms with Gasteiger partial charge in [-0.25, -0.2) is 9.98 Å². The number of imidazole rings is 1. The molecule has 0 aliphatic rings. The van der Waals surface area contributed by atoms with Gasteiger partial charge in [0.2, 0.25) is 0 Å². The topological polar surface area (TPSA) is 54.2 Å². The highest BCUT2D eigenvalue weighted by Gasteiger charge is 2.07. The van der Waals surface area contributed by atoms with Crippen molar-refractivity contribution in [1.29, 1.82) is 0 Å². The lowest BCUT2D eigenvalue weighted by atomic mass is 10.2. The third kappa shape index (κ3) is 4.86. The minimum Gasteiger partial charge on any atom is -0.357 e. The molecule has 0 aliphatic carbocycles. The highest BCUT2D eigenvalue weighted by molar-refractivity contribution is 14.0. The van der Waals surface area contributed by atoms with E-state index >= 15 is 0 Å². The van der Waals surface area contributed by atoms with Gasteiger partial charge in [0, 0.05) is 20.1 Å². The number of aromatic nitrogens is 2. The Labute approximate surface area is 149 Å². The standard InChI is InChI=1S/C16H25N5.HI/c1-5-17-16(18-10-12(2)3)19-11-15-20-13-8-6-7-9-14(13)21(15)4;/h6-9,12H,5,10-11H2,1-4H3,(H2,17,18,19);1H. The summed E-state index contributed by atoms with van der Waals surface area (Å²) in [5.41, 5.74) is 2.16. The molecule has 0 fully saturated rings. The van der Waals surface area contributed by atoms with Crippen molar-refractivity contribution in [2.75, 3.05) is 13.1 Å². The van der Waals surface area contributed by atoms with Gasteiger partial charge in [0.05, 0.1) is 11.0 Å². The lowest BCUT2D eigenvalue weighted by molar-refractivity contribution is 0.614. The third-order valence-electron chi connectivity index (χ3n) is 3.28. The van der Waals surface area contributed by atoms with Crippen molar-refractivity contribution in [3.05, 3.63) is 30.1 Å². The van der Waals surface area contributed by atoms with Crippen LogP contribution in [0.15, 0.2) is 29.3 Å². The monoisotopic (exact) mass is 415 g/mol. The average molecular weight is 415 g/mol. The number of benzene rings is 1. The fourth-order valence-electron chi connectivity index (χ4n) is 2.13. The van der Waals surface area contributed by atoms with E-state index in [-0.39, 0.29) is 24.0 Å². The summed E-state index contributed by atoms with van der Waals surface area (Å²) in [5, 5.41) is 6.61. The lowest BCUT2D eigenvalue weighted by Gasteiger charge is -2.12. The van der Waals surface area contributed by atoms with Crippen LogP contribution < -0.4 is 10.6 Å². The summed E-state index contributed by atoms with van der Waals surface area (Å²) in [4.78, 5) is 9.26. The summed E-state index contributed by atoms with van der Waals surface area (Å²) in [6.07, 6.45) is 0. The first-order valence-electron chi connectivity index (χ1n) is 7.54. The molecule has 0 amide bonds. The van der Waals surface area contributed by atoms with Crippen molar-refractivity contribution in [2.45, 2.75) is 27.3 Å². The van der Waals surface area contributed by atoms with Crippen molar-refractivity contribution < 1.29 is 0 Å². The van der Waals surface area contributed by atoms with Crippen LogP contribution in [0.25, 0.3) is 11.0 Å². The maximum absolute atomic E-state index is 4.64. The van der Waals surface area contributed by atoms with E-state index in [0.29, 0.717) is 12.5 Å². The molecule has 1 aromatic carbocycles. The molecule has 122 valence electrons. The molecule has 0 saturated heterocycles. The summed E-state index contributed by atoms with van der Waals surface area (Å²) < 4.78 is 2.10. The molecule has 5 nitrogen and oxygen atoms in total. The molecular weight excluding hydrogens is 389 g/mol. The molecule has 2 N–H and O–H groups in total. The molecule has 2 rings (SSSR count). The lowest BCUT2D eigenvalue weighted by Crippen LogP contribution is -2.39. The first kappa shape index (κ1) is 18.7. The van der Waals surface area contributed by atoms with Gasteiger partial charge in [-0.1, -0.05) is 26.0 Å². The molecule has 0 bridgehead atoms. The molecule has 0 atom stereocenters.